The molecular weight excluding hydrogens is 437 g/mol. The summed E-state index contributed by atoms with van der Waals surface area (Å²) in [5.74, 6) is 0.705. The summed E-state index contributed by atoms with van der Waals surface area (Å²) in [5.41, 5.74) is 2.42. The van der Waals surface area contributed by atoms with Crippen LogP contribution >= 0.6 is 0 Å². The van der Waals surface area contributed by atoms with Gasteiger partial charge in [0.15, 0.2) is 5.82 Å². The lowest BCUT2D eigenvalue weighted by Crippen LogP contribution is -2.19. The molecule has 0 aliphatic heterocycles. The van der Waals surface area contributed by atoms with E-state index < -0.39 is 6.03 Å². The molecule has 0 aliphatic rings. The molecule has 2 amide bonds. The molecule has 34 heavy (non-hydrogen) atoms. The smallest absolute Gasteiger partial charge is 0.336 e. The predicted octanol–water partition coefficient (Wildman–Crippen LogP) is 5.51. The number of nitrogens with zero attached hydrogens (tertiary/aromatic N) is 3. The third kappa shape index (κ3) is 5.50. The maximum Gasteiger partial charge on any atom is 0.336 e. The number of carbonyl (C=O) groups excluding carboxylic acids is 1. The maximum atomic E-state index is 13.8. The van der Waals surface area contributed by atoms with Crippen molar-refractivity contribution in [1.29, 1.82) is 0 Å². The van der Waals surface area contributed by atoms with Crippen LogP contribution in [-0.2, 0) is 0 Å². The molecule has 0 bridgehead atoms. The minimum atomic E-state index is -0.394. The first kappa shape index (κ1) is 22.8. The van der Waals surface area contributed by atoms with E-state index >= 15 is 0 Å². The van der Waals surface area contributed by atoms with Crippen molar-refractivity contribution in [2.24, 2.45) is 0 Å². The molecule has 4 aromatic rings. The number of amides is 2. The van der Waals surface area contributed by atoms with Gasteiger partial charge in [-0.25, -0.2) is 13.9 Å². The Morgan fingerprint density at radius 1 is 0.971 bits per heavy atom. The number of anilines is 2. The number of halogens is 1. The van der Waals surface area contributed by atoms with Crippen molar-refractivity contribution >= 4 is 17.4 Å². The largest absolute Gasteiger partial charge is 0.497 e. The highest BCUT2D eigenvalue weighted by molar-refractivity contribution is 5.99. The Balaban J connectivity index is 1.55. The molecule has 0 aliphatic carbocycles. The van der Waals surface area contributed by atoms with Gasteiger partial charge in [0.25, 0.3) is 0 Å². The Labute approximate surface area is 196 Å². The number of hydrogen-bond acceptors (Lipinski definition) is 5. The highest BCUT2D eigenvalue weighted by Crippen LogP contribution is 2.25. The summed E-state index contributed by atoms with van der Waals surface area (Å²) < 4.78 is 26.2. The Morgan fingerprint density at radius 3 is 2.41 bits per heavy atom. The Morgan fingerprint density at radius 2 is 1.71 bits per heavy atom. The van der Waals surface area contributed by atoms with Gasteiger partial charge in [0.05, 0.1) is 18.9 Å². The summed E-state index contributed by atoms with van der Waals surface area (Å²) in [5, 5.41) is 9.98. The topological polar surface area (TPSA) is 90.3 Å². The van der Waals surface area contributed by atoms with Gasteiger partial charge in [-0.05, 0) is 62.4 Å². The standard InChI is InChI=1S/C25H24FN5O3/c1-16(2)34-25-29-23(17-6-4-7-18(26)14-17)31(30-25)21-12-10-19(11-13-21)27-24(32)28-20-8-5-9-22(15-20)33-3/h4-16H,1-3H3,(H2,27,28,32). The van der Waals surface area contributed by atoms with Crippen molar-refractivity contribution in [3.8, 4) is 28.8 Å². The molecule has 1 heterocycles. The molecule has 2 N–H and O–H groups in total. The highest BCUT2D eigenvalue weighted by atomic mass is 19.1. The zero-order valence-corrected chi connectivity index (χ0v) is 18.9. The Hall–Kier alpha value is -4.40. The van der Waals surface area contributed by atoms with Gasteiger partial charge in [0.2, 0.25) is 0 Å². The van der Waals surface area contributed by atoms with Crippen LogP contribution in [0, 0.1) is 5.82 Å². The molecule has 0 radical (unpaired) electrons. The normalized spacial score (nSPS) is 10.7. The lowest BCUT2D eigenvalue weighted by Gasteiger charge is -2.10. The second-order valence-electron chi connectivity index (χ2n) is 7.66. The fourth-order valence-corrected chi connectivity index (χ4v) is 3.23. The van der Waals surface area contributed by atoms with E-state index in [9.17, 15) is 9.18 Å². The van der Waals surface area contributed by atoms with Gasteiger partial charge in [-0.15, -0.1) is 5.10 Å². The van der Waals surface area contributed by atoms with Gasteiger partial charge >= 0.3 is 12.0 Å². The SMILES string of the molecule is COc1cccc(NC(=O)Nc2ccc(-n3nc(OC(C)C)nc3-c3cccc(F)c3)cc2)c1. The number of hydrogen-bond donors (Lipinski definition) is 2. The Kier molecular flexibility index (Phi) is 6.72. The van der Waals surface area contributed by atoms with E-state index in [0.29, 0.717) is 34.2 Å². The maximum absolute atomic E-state index is 13.8. The first-order valence-corrected chi connectivity index (χ1v) is 10.6. The number of methoxy groups -OCH3 is 1. The van der Waals surface area contributed by atoms with E-state index in [4.69, 9.17) is 9.47 Å². The number of urea groups is 1. The number of aromatic nitrogens is 3. The second kappa shape index (κ2) is 10.0. The summed E-state index contributed by atoms with van der Waals surface area (Å²) in [4.78, 5) is 16.8. The zero-order valence-electron chi connectivity index (χ0n) is 18.9. The summed E-state index contributed by atoms with van der Waals surface area (Å²) >= 11 is 0. The lowest BCUT2D eigenvalue weighted by molar-refractivity contribution is 0.222. The summed E-state index contributed by atoms with van der Waals surface area (Å²) in [6.45, 7) is 3.75. The van der Waals surface area contributed by atoms with E-state index in [1.54, 1.807) is 72.5 Å². The van der Waals surface area contributed by atoms with Crippen LogP contribution in [-0.4, -0.2) is 34.0 Å². The molecule has 0 spiro atoms. The monoisotopic (exact) mass is 461 g/mol. The molecule has 0 fully saturated rings. The molecular formula is C25H24FN5O3. The quantitative estimate of drug-likeness (QED) is 0.379. The van der Waals surface area contributed by atoms with E-state index in [2.05, 4.69) is 20.7 Å². The molecule has 3 aromatic carbocycles. The third-order valence-electron chi connectivity index (χ3n) is 4.71. The number of rotatable bonds is 7. The minimum Gasteiger partial charge on any atom is -0.497 e. The van der Waals surface area contributed by atoms with Crippen molar-refractivity contribution in [2.45, 2.75) is 20.0 Å². The first-order valence-electron chi connectivity index (χ1n) is 10.6. The molecule has 174 valence electrons. The van der Waals surface area contributed by atoms with E-state index in [1.165, 1.54) is 12.1 Å². The predicted molar refractivity (Wildman–Crippen MR) is 128 cm³/mol. The van der Waals surface area contributed by atoms with Crippen LogP contribution in [0.15, 0.2) is 72.8 Å². The van der Waals surface area contributed by atoms with Gasteiger partial charge in [-0.3, -0.25) is 0 Å². The minimum absolute atomic E-state index is 0.120. The van der Waals surface area contributed by atoms with Gasteiger partial charge in [-0.2, -0.15) is 4.98 Å². The number of carbonyl (C=O) groups is 1. The van der Waals surface area contributed by atoms with Crippen LogP contribution in [0.5, 0.6) is 11.8 Å². The molecule has 0 atom stereocenters. The fraction of sp³-hybridized carbons (Fsp3) is 0.160. The average molecular weight is 461 g/mol. The highest BCUT2D eigenvalue weighted by Gasteiger charge is 2.16. The van der Waals surface area contributed by atoms with E-state index in [-0.39, 0.29) is 17.9 Å². The van der Waals surface area contributed by atoms with E-state index in [0.717, 1.165) is 0 Å². The molecule has 0 saturated carbocycles. The van der Waals surface area contributed by atoms with Gasteiger partial charge in [-0.1, -0.05) is 18.2 Å². The second-order valence-corrected chi connectivity index (χ2v) is 7.66. The van der Waals surface area contributed by atoms with Crippen molar-refractivity contribution in [3.63, 3.8) is 0 Å². The van der Waals surface area contributed by atoms with Crippen molar-refractivity contribution in [2.75, 3.05) is 17.7 Å². The van der Waals surface area contributed by atoms with Gasteiger partial charge in [0.1, 0.15) is 11.6 Å². The van der Waals surface area contributed by atoms with Crippen molar-refractivity contribution in [1.82, 2.24) is 14.8 Å². The first-order chi connectivity index (χ1) is 16.4. The van der Waals surface area contributed by atoms with Crippen molar-refractivity contribution < 1.29 is 18.7 Å². The van der Waals surface area contributed by atoms with Crippen LogP contribution < -0.4 is 20.1 Å². The van der Waals surface area contributed by atoms with Crippen LogP contribution in [0.2, 0.25) is 0 Å². The van der Waals surface area contributed by atoms with Gasteiger partial charge in [0, 0.05) is 23.0 Å². The molecule has 0 saturated heterocycles. The fourth-order valence-electron chi connectivity index (χ4n) is 3.23. The van der Waals surface area contributed by atoms with Crippen LogP contribution in [0.25, 0.3) is 17.1 Å². The van der Waals surface area contributed by atoms with Crippen LogP contribution in [0.3, 0.4) is 0 Å². The summed E-state index contributed by atoms with van der Waals surface area (Å²) in [7, 11) is 1.56. The zero-order chi connectivity index (χ0) is 24.1. The number of benzene rings is 3. The number of nitrogens with one attached hydrogen (secondary N) is 2. The molecule has 9 heteroatoms. The molecule has 1 aromatic heterocycles. The van der Waals surface area contributed by atoms with E-state index in [1.807, 2.05) is 13.8 Å². The molecule has 0 unspecified atom stereocenters. The number of ether oxygens (including phenoxy) is 2. The summed E-state index contributed by atoms with van der Waals surface area (Å²) in [6, 6.07) is 20.0. The van der Waals surface area contributed by atoms with Crippen LogP contribution in [0.4, 0.5) is 20.6 Å². The summed E-state index contributed by atoms with van der Waals surface area (Å²) in [6.07, 6.45) is -0.120. The molecule has 8 nitrogen and oxygen atoms in total. The van der Waals surface area contributed by atoms with Crippen LogP contribution in [0.1, 0.15) is 13.8 Å². The lowest BCUT2D eigenvalue weighted by atomic mass is 10.2. The Bertz CT molecular complexity index is 1290. The average Bonchev–Trinajstić information content (AvgIpc) is 3.22. The molecule has 4 rings (SSSR count). The van der Waals surface area contributed by atoms with Gasteiger partial charge < -0.3 is 20.1 Å². The van der Waals surface area contributed by atoms with Crippen molar-refractivity contribution in [3.05, 3.63) is 78.6 Å². The third-order valence-corrected chi connectivity index (χ3v) is 4.71.